The molecule has 16 heavy (non-hydrogen) atoms. The minimum Gasteiger partial charge on any atom is -0.374 e. The number of anilines is 1. The van der Waals surface area contributed by atoms with Gasteiger partial charge in [0.15, 0.2) is 0 Å². The van der Waals surface area contributed by atoms with Gasteiger partial charge in [-0.1, -0.05) is 18.3 Å². The molecule has 2 heterocycles. The van der Waals surface area contributed by atoms with Crippen molar-refractivity contribution >= 4 is 16.5 Å². The molecule has 0 saturated carbocycles. The van der Waals surface area contributed by atoms with Gasteiger partial charge in [0.25, 0.3) is 0 Å². The number of hydrogen-bond acceptors (Lipinski definition) is 5. The van der Waals surface area contributed by atoms with Crippen LogP contribution in [0.5, 0.6) is 0 Å². The van der Waals surface area contributed by atoms with Gasteiger partial charge in [-0.2, -0.15) is 0 Å². The highest BCUT2D eigenvalue weighted by Crippen LogP contribution is 2.22. The van der Waals surface area contributed by atoms with E-state index in [9.17, 15) is 0 Å². The van der Waals surface area contributed by atoms with Gasteiger partial charge in [0.05, 0.1) is 0 Å². The van der Waals surface area contributed by atoms with Crippen LogP contribution >= 0.6 is 11.5 Å². The first-order chi connectivity index (χ1) is 7.79. The number of hydrogen-bond donors (Lipinski definition) is 1. The minimum absolute atomic E-state index is 0.832. The highest BCUT2D eigenvalue weighted by molar-refractivity contribution is 7.10. The fourth-order valence-corrected chi connectivity index (χ4v) is 2.66. The van der Waals surface area contributed by atoms with Crippen LogP contribution in [0.1, 0.15) is 32.4 Å². The van der Waals surface area contributed by atoms with Crippen molar-refractivity contribution in [1.29, 1.82) is 0 Å². The number of nitrogens with zero attached hydrogens (tertiary/aromatic N) is 3. The molecule has 1 saturated heterocycles. The Kier molecular flexibility index (Phi) is 4.12. The molecule has 5 heteroatoms. The molecule has 1 atom stereocenters. The van der Waals surface area contributed by atoms with E-state index in [1.54, 1.807) is 0 Å². The molecular weight excluding hydrogens is 220 g/mol. The smallest absolute Gasteiger partial charge is 0.134 e. The van der Waals surface area contributed by atoms with E-state index in [0.717, 1.165) is 36.1 Å². The van der Waals surface area contributed by atoms with Gasteiger partial charge < -0.3 is 5.32 Å². The second-order valence-corrected chi connectivity index (χ2v) is 5.36. The van der Waals surface area contributed by atoms with E-state index < -0.39 is 0 Å². The standard InChI is InChI=1S/C11H20N4S/c1-3-5-12-11-10(13-14-16-11)8-15-6-4-9(2)7-15/h9,12H,3-8H2,1-2H3. The van der Waals surface area contributed by atoms with E-state index in [1.807, 2.05) is 0 Å². The van der Waals surface area contributed by atoms with Crippen molar-refractivity contribution in [3.8, 4) is 0 Å². The molecule has 0 aromatic carbocycles. The average molecular weight is 240 g/mol. The first kappa shape index (κ1) is 11.8. The largest absolute Gasteiger partial charge is 0.374 e. The summed E-state index contributed by atoms with van der Waals surface area (Å²) in [7, 11) is 0. The molecular formula is C11H20N4S. The molecule has 1 aliphatic rings. The van der Waals surface area contributed by atoms with Gasteiger partial charge in [-0.25, -0.2) is 0 Å². The summed E-state index contributed by atoms with van der Waals surface area (Å²) in [6.45, 7) is 8.84. The molecule has 0 bridgehead atoms. The first-order valence-electron chi connectivity index (χ1n) is 6.07. The van der Waals surface area contributed by atoms with Gasteiger partial charge in [-0.15, -0.1) is 5.10 Å². The molecule has 1 aromatic heterocycles. The predicted octanol–water partition coefficient (Wildman–Crippen LogP) is 2.20. The third-order valence-corrected chi connectivity index (χ3v) is 3.70. The summed E-state index contributed by atoms with van der Waals surface area (Å²) in [5, 5.41) is 8.77. The zero-order valence-corrected chi connectivity index (χ0v) is 10.9. The highest BCUT2D eigenvalue weighted by atomic mass is 32.1. The van der Waals surface area contributed by atoms with Crippen molar-refractivity contribution in [3.05, 3.63) is 5.69 Å². The lowest BCUT2D eigenvalue weighted by Crippen LogP contribution is -2.20. The van der Waals surface area contributed by atoms with Crippen LogP contribution in [0.25, 0.3) is 0 Å². The average Bonchev–Trinajstić information content (AvgIpc) is 2.86. The lowest BCUT2D eigenvalue weighted by atomic mass is 10.2. The Morgan fingerprint density at radius 1 is 1.56 bits per heavy atom. The second kappa shape index (κ2) is 5.59. The van der Waals surface area contributed by atoms with Crippen molar-refractivity contribution in [1.82, 2.24) is 14.5 Å². The molecule has 1 unspecified atom stereocenters. The predicted molar refractivity (Wildman–Crippen MR) is 67.7 cm³/mol. The van der Waals surface area contributed by atoms with Crippen molar-refractivity contribution in [2.45, 2.75) is 33.2 Å². The van der Waals surface area contributed by atoms with Crippen LogP contribution in [0.3, 0.4) is 0 Å². The molecule has 0 aliphatic carbocycles. The van der Waals surface area contributed by atoms with Crippen molar-refractivity contribution in [2.24, 2.45) is 5.92 Å². The molecule has 1 fully saturated rings. The zero-order valence-electron chi connectivity index (χ0n) is 10.1. The molecule has 2 rings (SSSR count). The summed E-state index contributed by atoms with van der Waals surface area (Å²) in [6, 6.07) is 0. The summed E-state index contributed by atoms with van der Waals surface area (Å²) >= 11 is 1.47. The number of nitrogens with one attached hydrogen (secondary N) is 1. The molecule has 90 valence electrons. The first-order valence-corrected chi connectivity index (χ1v) is 6.84. The summed E-state index contributed by atoms with van der Waals surface area (Å²) < 4.78 is 4.04. The van der Waals surface area contributed by atoms with Crippen LogP contribution in [-0.2, 0) is 6.54 Å². The summed E-state index contributed by atoms with van der Waals surface area (Å²) in [5.41, 5.74) is 1.12. The van der Waals surface area contributed by atoms with Gasteiger partial charge >= 0.3 is 0 Å². The third kappa shape index (κ3) is 2.92. The Morgan fingerprint density at radius 3 is 3.12 bits per heavy atom. The molecule has 0 radical (unpaired) electrons. The van der Waals surface area contributed by atoms with Gasteiger partial charge in [0.2, 0.25) is 0 Å². The van der Waals surface area contributed by atoms with Crippen molar-refractivity contribution in [3.63, 3.8) is 0 Å². The number of aromatic nitrogens is 2. The van der Waals surface area contributed by atoms with Crippen molar-refractivity contribution < 1.29 is 0 Å². The van der Waals surface area contributed by atoms with Gasteiger partial charge in [-0.3, -0.25) is 4.90 Å². The summed E-state index contributed by atoms with van der Waals surface area (Å²) in [6.07, 6.45) is 2.45. The Hall–Kier alpha value is -0.680. The Balaban J connectivity index is 1.90. The van der Waals surface area contributed by atoms with Crippen LogP contribution in [-0.4, -0.2) is 34.1 Å². The van der Waals surface area contributed by atoms with Crippen LogP contribution in [0.4, 0.5) is 5.00 Å². The van der Waals surface area contributed by atoms with Crippen LogP contribution < -0.4 is 5.32 Å². The summed E-state index contributed by atoms with van der Waals surface area (Å²) in [4.78, 5) is 2.47. The Morgan fingerprint density at radius 2 is 2.44 bits per heavy atom. The van der Waals surface area contributed by atoms with Crippen LogP contribution in [0, 0.1) is 5.92 Å². The van der Waals surface area contributed by atoms with E-state index in [0.29, 0.717) is 0 Å². The number of rotatable bonds is 5. The SMILES string of the molecule is CCCNc1snnc1CN1CCC(C)C1. The van der Waals surface area contributed by atoms with Crippen molar-refractivity contribution in [2.75, 3.05) is 25.0 Å². The van der Waals surface area contributed by atoms with E-state index in [4.69, 9.17) is 0 Å². The normalized spacial score (nSPS) is 21.5. The van der Waals surface area contributed by atoms with E-state index in [1.165, 1.54) is 31.0 Å². The topological polar surface area (TPSA) is 41.1 Å². The van der Waals surface area contributed by atoms with E-state index >= 15 is 0 Å². The molecule has 1 N–H and O–H groups in total. The maximum Gasteiger partial charge on any atom is 0.134 e. The Bertz CT molecular complexity index is 326. The van der Waals surface area contributed by atoms with Gasteiger partial charge in [0, 0.05) is 31.2 Å². The monoisotopic (exact) mass is 240 g/mol. The fraction of sp³-hybridized carbons (Fsp3) is 0.818. The Labute approximate surface area is 101 Å². The maximum atomic E-state index is 4.22. The third-order valence-electron chi connectivity index (χ3n) is 2.97. The molecule has 1 aliphatic heterocycles. The highest BCUT2D eigenvalue weighted by Gasteiger charge is 2.20. The zero-order chi connectivity index (χ0) is 11.4. The van der Waals surface area contributed by atoms with E-state index in [2.05, 4.69) is 33.7 Å². The number of likely N-dealkylation sites (tertiary alicyclic amines) is 1. The second-order valence-electron chi connectivity index (χ2n) is 4.60. The lowest BCUT2D eigenvalue weighted by Gasteiger charge is -2.14. The molecule has 0 amide bonds. The van der Waals surface area contributed by atoms with Crippen LogP contribution in [0.15, 0.2) is 0 Å². The van der Waals surface area contributed by atoms with Crippen LogP contribution in [0.2, 0.25) is 0 Å². The van der Waals surface area contributed by atoms with E-state index in [-0.39, 0.29) is 0 Å². The lowest BCUT2D eigenvalue weighted by molar-refractivity contribution is 0.316. The fourth-order valence-electron chi connectivity index (χ4n) is 2.07. The maximum absolute atomic E-state index is 4.22. The molecule has 1 aromatic rings. The molecule has 0 spiro atoms. The molecule has 4 nitrogen and oxygen atoms in total. The summed E-state index contributed by atoms with van der Waals surface area (Å²) in [5.74, 6) is 0.832. The van der Waals surface area contributed by atoms with Gasteiger partial charge in [0.1, 0.15) is 10.7 Å². The minimum atomic E-state index is 0.832. The van der Waals surface area contributed by atoms with Gasteiger partial charge in [-0.05, 0) is 25.3 Å². The quantitative estimate of drug-likeness (QED) is 0.856.